The molecule has 7 rings (SSSR count). The Labute approximate surface area is 175 Å². The van der Waals surface area contributed by atoms with Gasteiger partial charge in [-0.2, -0.15) is 0 Å². The summed E-state index contributed by atoms with van der Waals surface area (Å²) in [7, 11) is 1.61. The first-order valence-electron chi connectivity index (χ1n) is 10.3. The number of hydrogen-bond acceptors (Lipinski definition) is 3. The number of methoxy groups -OCH3 is 1. The topological polar surface area (TPSA) is 46.6 Å². The molecule has 2 bridgehead atoms. The van der Waals surface area contributed by atoms with E-state index in [1.807, 2.05) is 49.4 Å². The SMILES string of the molecule is COc1ccc(N2C(=O)[C@H]3C4c5ccccc5C(c5ccccc54)[C@@H]3C2=O)c(C)c1. The van der Waals surface area contributed by atoms with Crippen LogP contribution in [0.2, 0.25) is 0 Å². The van der Waals surface area contributed by atoms with Crippen molar-refractivity contribution in [1.82, 2.24) is 0 Å². The first-order chi connectivity index (χ1) is 14.6. The van der Waals surface area contributed by atoms with E-state index in [0.717, 1.165) is 5.56 Å². The molecule has 0 N–H and O–H groups in total. The molecule has 2 amide bonds. The van der Waals surface area contributed by atoms with E-state index in [9.17, 15) is 9.59 Å². The maximum Gasteiger partial charge on any atom is 0.238 e. The normalized spacial score (nSPS) is 25.7. The lowest BCUT2D eigenvalue weighted by Gasteiger charge is -2.45. The van der Waals surface area contributed by atoms with Gasteiger partial charge in [0.1, 0.15) is 5.75 Å². The van der Waals surface area contributed by atoms with Crippen LogP contribution < -0.4 is 9.64 Å². The Morgan fingerprint density at radius 2 is 1.20 bits per heavy atom. The second kappa shape index (κ2) is 6.05. The van der Waals surface area contributed by atoms with Crippen LogP contribution in [0.25, 0.3) is 0 Å². The van der Waals surface area contributed by atoms with Crippen molar-refractivity contribution in [1.29, 1.82) is 0 Å². The van der Waals surface area contributed by atoms with E-state index in [-0.39, 0.29) is 35.5 Å². The number of ether oxygens (including phenoxy) is 1. The molecule has 4 heteroatoms. The third-order valence-electron chi connectivity index (χ3n) is 7.09. The van der Waals surface area contributed by atoms with Crippen molar-refractivity contribution in [3.8, 4) is 5.75 Å². The van der Waals surface area contributed by atoms with Crippen molar-refractivity contribution in [2.45, 2.75) is 18.8 Å². The molecule has 4 nitrogen and oxygen atoms in total. The number of rotatable bonds is 2. The van der Waals surface area contributed by atoms with Crippen LogP contribution in [0.1, 0.15) is 39.7 Å². The van der Waals surface area contributed by atoms with Crippen LogP contribution in [0.4, 0.5) is 5.69 Å². The van der Waals surface area contributed by atoms with E-state index >= 15 is 0 Å². The first kappa shape index (κ1) is 17.5. The smallest absolute Gasteiger partial charge is 0.238 e. The summed E-state index contributed by atoms with van der Waals surface area (Å²) in [5.41, 5.74) is 6.28. The van der Waals surface area contributed by atoms with Crippen LogP contribution >= 0.6 is 0 Å². The number of aryl methyl sites for hydroxylation is 1. The fourth-order valence-electron chi connectivity index (χ4n) is 5.92. The third kappa shape index (κ3) is 2.06. The Kier molecular flexibility index (Phi) is 3.52. The van der Waals surface area contributed by atoms with E-state index < -0.39 is 0 Å². The fourth-order valence-corrected chi connectivity index (χ4v) is 5.92. The molecule has 3 aromatic rings. The highest BCUT2D eigenvalue weighted by molar-refractivity contribution is 6.23. The Bertz CT molecular complexity index is 1110. The molecule has 1 aliphatic heterocycles. The highest BCUT2D eigenvalue weighted by atomic mass is 16.5. The number of amides is 2. The van der Waals surface area contributed by atoms with Gasteiger partial charge in [-0.3, -0.25) is 9.59 Å². The molecule has 148 valence electrons. The van der Waals surface area contributed by atoms with E-state index in [1.165, 1.54) is 27.2 Å². The predicted octanol–water partition coefficient (Wildman–Crippen LogP) is 4.40. The van der Waals surface area contributed by atoms with Gasteiger partial charge in [0.15, 0.2) is 0 Å². The van der Waals surface area contributed by atoms with Gasteiger partial charge in [-0.25, -0.2) is 4.90 Å². The Balaban J connectivity index is 1.54. The minimum Gasteiger partial charge on any atom is -0.497 e. The number of carbonyl (C=O) groups excluding carboxylic acids is 2. The molecule has 1 saturated heterocycles. The highest BCUT2D eigenvalue weighted by Crippen LogP contribution is 2.61. The van der Waals surface area contributed by atoms with Crippen molar-refractivity contribution in [3.63, 3.8) is 0 Å². The van der Waals surface area contributed by atoms with Gasteiger partial charge in [-0.05, 0) is 52.9 Å². The molecule has 3 aromatic carbocycles. The van der Waals surface area contributed by atoms with Gasteiger partial charge >= 0.3 is 0 Å². The lowest BCUT2D eigenvalue weighted by Crippen LogP contribution is -2.41. The van der Waals surface area contributed by atoms with E-state index in [1.54, 1.807) is 7.11 Å². The van der Waals surface area contributed by atoms with Crippen LogP contribution in [0.3, 0.4) is 0 Å². The van der Waals surface area contributed by atoms with Gasteiger partial charge in [0.25, 0.3) is 0 Å². The molecule has 30 heavy (non-hydrogen) atoms. The molecule has 1 heterocycles. The second-order valence-corrected chi connectivity index (χ2v) is 8.43. The van der Waals surface area contributed by atoms with Gasteiger partial charge in [0, 0.05) is 11.8 Å². The largest absolute Gasteiger partial charge is 0.497 e. The van der Waals surface area contributed by atoms with Crippen LogP contribution in [0.5, 0.6) is 5.75 Å². The molecule has 0 saturated carbocycles. The number of carbonyl (C=O) groups is 2. The summed E-state index contributed by atoms with van der Waals surface area (Å²) in [5.74, 6) is -0.315. The summed E-state index contributed by atoms with van der Waals surface area (Å²) in [6, 6.07) is 22.1. The summed E-state index contributed by atoms with van der Waals surface area (Å²) in [6.45, 7) is 1.92. The zero-order valence-electron chi connectivity index (χ0n) is 16.8. The van der Waals surface area contributed by atoms with Crippen molar-refractivity contribution >= 4 is 17.5 Å². The lowest BCUT2D eigenvalue weighted by molar-refractivity contribution is -0.122. The van der Waals surface area contributed by atoms with Crippen molar-refractivity contribution in [2.24, 2.45) is 11.8 Å². The van der Waals surface area contributed by atoms with Crippen LogP contribution in [-0.4, -0.2) is 18.9 Å². The number of benzene rings is 3. The van der Waals surface area contributed by atoms with Crippen molar-refractivity contribution in [2.75, 3.05) is 12.0 Å². The van der Waals surface area contributed by atoms with E-state index in [2.05, 4.69) is 24.3 Å². The van der Waals surface area contributed by atoms with Crippen LogP contribution in [0.15, 0.2) is 66.7 Å². The zero-order valence-corrected chi connectivity index (χ0v) is 16.8. The van der Waals surface area contributed by atoms with Gasteiger partial charge in [0.05, 0.1) is 24.6 Å². The van der Waals surface area contributed by atoms with E-state index in [0.29, 0.717) is 11.4 Å². The highest BCUT2D eigenvalue weighted by Gasteiger charge is 2.61. The standard InChI is InChI=1S/C26H21NO3/c1-14-13-15(30-2)11-12-20(14)27-25(28)23-21-16-7-3-4-8-17(16)22(24(23)26(27)29)19-10-6-5-9-18(19)21/h3-13,21-24H,1-2H3/t21?,22?,23-,24-/m0/s1. The summed E-state index contributed by atoms with van der Waals surface area (Å²) >= 11 is 0. The van der Waals surface area contributed by atoms with Gasteiger partial charge in [-0.1, -0.05) is 48.5 Å². The minimum atomic E-state index is -0.353. The van der Waals surface area contributed by atoms with Gasteiger partial charge in [0.2, 0.25) is 11.8 Å². The average molecular weight is 395 g/mol. The molecule has 0 spiro atoms. The third-order valence-corrected chi connectivity index (χ3v) is 7.09. The molecule has 4 aliphatic rings. The minimum absolute atomic E-state index is 0.0765. The quantitative estimate of drug-likeness (QED) is 0.604. The maximum atomic E-state index is 13.7. The molecule has 0 unspecified atom stereocenters. The van der Waals surface area contributed by atoms with Gasteiger partial charge < -0.3 is 4.74 Å². The molecular formula is C26H21NO3. The Morgan fingerprint density at radius 3 is 1.60 bits per heavy atom. The molecule has 1 fully saturated rings. The molecule has 3 aliphatic carbocycles. The van der Waals surface area contributed by atoms with Crippen LogP contribution in [-0.2, 0) is 9.59 Å². The predicted molar refractivity (Wildman–Crippen MR) is 114 cm³/mol. The number of imide groups is 1. The van der Waals surface area contributed by atoms with E-state index in [4.69, 9.17) is 4.74 Å². The molecule has 0 aromatic heterocycles. The van der Waals surface area contributed by atoms with Crippen LogP contribution in [0, 0.1) is 18.8 Å². The van der Waals surface area contributed by atoms with Crippen molar-refractivity contribution in [3.05, 3.63) is 94.5 Å². The summed E-state index contributed by atoms with van der Waals surface area (Å²) < 4.78 is 5.30. The van der Waals surface area contributed by atoms with Gasteiger partial charge in [-0.15, -0.1) is 0 Å². The number of nitrogens with zero attached hydrogens (tertiary/aromatic N) is 1. The second-order valence-electron chi connectivity index (χ2n) is 8.43. The average Bonchev–Trinajstić information content (AvgIpc) is 3.04. The maximum absolute atomic E-state index is 13.7. The number of anilines is 1. The summed E-state index contributed by atoms with van der Waals surface area (Å²) in [5, 5.41) is 0. The summed E-state index contributed by atoms with van der Waals surface area (Å²) in [4.78, 5) is 28.9. The molecular weight excluding hydrogens is 374 g/mol. The Hall–Kier alpha value is -3.40. The number of hydrogen-bond donors (Lipinski definition) is 0. The Morgan fingerprint density at radius 1 is 0.733 bits per heavy atom. The monoisotopic (exact) mass is 395 g/mol. The van der Waals surface area contributed by atoms with Crippen molar-refractivity contribution < 1.29 is 14.3 Å². The zero-order chi connectivity index (χ0) is 20.6. The lowest BCUT2D eigenvalue weighted by atomic mass is 9.55. The molecule has 2 atom stereocenters. The summed E-state index contributed by atoms with van der Waals surface area (Å²) in [6.07, 6.45) is 0. The fraction of sp³-hybridized carbons (Fsp3) is 0.231. The first-order valence-corrected chi connectivity index (χ1v) is 10.3. The molecule has 0 radical (unpaired) electrons.